The van der Waals surface area contributed by atoms with Crippen molar-refractivity contribution in [1.82, 2.24) is 0 Å². The summed E-state index contributed by atoms with van der Waals surface area (Å²) in [4.78, 5) is 4.09. The minimum atomic E-state index is -2.86. The smallest absolute Gasteiger partial charge is 0.150 e. The Balaban J connectivity index is 2.14. The predicted octanol–water partition coefficient (Wildman–Crippen LogP) is 1.30. The molecule has 4 atom stereocenters. The second-order valence-electron chi connectivity index (χ2n) is 4.38. The molecule has 0 aliphatic heterocycles. The molecule has 0 aromatic rings. The first-order chi connectivity index (χ1) is 6.52. The van der Waals surface area contributed by atoms with Crippen LogP contribution < -0.4 is 0 Å². The SMILES string of the molecule is CS(=O)(=O)[C@H]1CC2CC1CC2N=C=S. The van der Waals surface area contributed by atoms with Gasteiger partial charge in [-0.2, -0.15) is 0 Å². The van der Waals surface area contributed by atoms with Gasteiger partial charge in [0.05, 0.1) is 16.5 Å². The third-order valence-corrected chi connectivity index (χ3v) is 5.31. The van der Waals surface area contributed by atoms with E-state index in [1.165, 1.54) is 6.26 Å². The minimum absolute atomic E-state index is 0.121. The van der Waals surface area contributed by atoms with Crippen molar-refractivity contribution in [3.8, 4) is 0 Å². The fraction of sp³-hybridized carbons (Fsp3) is 0.889. The molecule has 2 fully saturated rings. The Morgan fingerprint density at radius 3 is 2.43 bits per heavy atom. The molecule has 2 aliphatic carbocycles. The molecular weight excluding hydrogens is 218 g/mol. The van der Waals surface area contributed by atoms with Crippen LogP contribution in [0.2, 0.25) is 0 Å². The van der Waals surface area contributed by atoms with Gasteiger partial charge in [0.15, 0.2) is 9.84 Å². The molecular formula is C9H13NO2S2. The molecule has 2 rings (SSSR count). The second kappa shape index (κ2) is 3.40. The van der Waals surface area contributed by atoms with Gasteiger partial charge in [0, 0.05) is 6.26 Å². The van der Waals surface area contributed by atoms with Crippen molar-refractivity contribution in [3.05, 3.63) is 0 Å². The molecule has 0 N–H and O–H groups in total. The quantitative estimate of drug-likeness (QED) is 0.531. The van der Waals surface area contributed by atoms with E-state index in [1.54, 1.807) is 0 Å². The summed E-state index contributed by atoms with van der Waals surface area (Å²) in [6.45, 7) is 0. The van der Waals surface area contributed by atoms with Crippen LogP contribution in [-0.2, 0) is 9.84 Å². The molecule has 0 aromatic heterocycles. The lowest BCUT2D eigenvalue weighted by Gasteiger charge is -2.23. The van der Waals surface area contributed by atoms with Crippen molar-refractivity contribution < 1.29 is 8.42 Å². The Morgan fingerprint density at radius 1 is 1.29 bits per heavy atom. The zero-order chi connectivity index (χ0) is 10.3. The molecule has 78 valence electrons. The van der Waals surface area contributed by atoms with Gasteiger partial charge in [-0.15, -0.1) is 0 Å². The summed E-state index contributed by atoms with van der Waals surface area (Å²) in [6, 6.07) is 0.246. The summed E-state index contributed by atoms with van der Waals surface area (Å²) in [5, 5.41) is 2.29. The van der Waals surface area contributed by atoms with Gasteiger partial charge >= 0.3 is 0 Å². The van der Waals surface area contributed by atoms with E-state index in [-0.39, 0.29) is 11.3 Å². The molecule has 3 nitrogen and oxygen atoms in total. The first-order valence-electron chi connectivity index (χ1n) is 4.78. The Hall–Kier alpha value is -0.250. The molecule has 0 spiro atoms. The van der Waals surface area contributed by atoms with Crippen molar-refractivity contribution in [2.75, 3.05) is 6.26 Å². The molecule has 2 saturated carbocycles. The minimum Gasteiger partial charge on any atom is -0.229 e. The monoisotopic (exact) mass is 231 g/mol. The normalized spacial score (nSPS) is 40.9. The molecule has 0 saturated heterocycles. The van der Waals surface area contributed by atoms with E-state index >= 15 is 0 Å². The summed E-state index contributed by atoms with van der Waals surface area (Å²) in [7, 11) is -2.86. The molecule has 0 aromatic carbocycles. The number of thiocarbonyl (C=S) groups is 1. The number of aliphatic imine (C=N–C) groups is 1. The predicted molar refractivity (Wildman–Crippen MR) is 58.3 cm³/mol. The first kappa shape index (κ1) is 10.3. The number of nitrogens with zero attached hydrogens (tertiary/aromatic N) is 1. The maximum absolute atomic E-state index is 11.4. The number of hydrogen-bond donors (Lipinski definition) is 0. The van der Waals surface area contributed by atoms with Crippen molar-refractivity contribution in [1.29, 1.82) is 0 Å². The van der Waals surface area contributed by atoms with Crippen LogP contribution in [0.15, 0.2) is 4.99 Å². The first-order valence-corrected chi connectivity index (χ1v) is 7.14. The van der Waals surface area contributed by atoms with Crippen molar-refractivity contribution >= 4 is 27.2 Å². The van der Waals surface area contributed by atoms with Gasteiger partial charge in [-0.05, 0) is 43.3 Å². The fourth-order valence-electron chi connectivity index (χ4n) is 2.94. The van der Waals surface area contributed by atoms with E-state index < -0.39 is 9.84 Å². The van der Waals surface area contributed by atoms with Crippen molar-refractivity contribution in [2.45, 2.75) is 30.6 Å². The van der Waals surface area contributed by atoms with E-state index in [4.69, 9.17) is 0 Å². The molecule has 2 bridgehead atoms. The maximum Gasteiger partial charge on any atom is 0.150 e. The number of hydrogen-bond acceptors (Lipinski definition) is 4. The highest BCUT2D eigenvalue weighted by Crippen LogP contribution is 2.48. The van der Waals surface area contributed by atoms with Crippen LogP contribution in [0.1, 0.15) is 19.3 Å². The highest BCUT2D eigenvalue weighted by molar-refractivity contribution is 7.91. The number of rotatable bonds is 2. The van der Waals surface area contributed by atoms with E-state index in [0.717, 1.165) is 19.3 Å². The topological polar surface area (TPSA) is 46.5 Å². The number of isothiocyanates is 1. The molecule has 0 radical (unpaired) electrons. The van der Waals surface area contributed by atoms with Crippen LogP contribution in [0.5, 0.6) is 0 Å². The summed E-state index contributed by atoms with van der Waals surface area (Å²) >= 11 is 4.57. The lowest BCUT2D eigenvalue weighted by molar-refractivity contribution is 0.417. The van der Waals surface area contributed by atoms with Gasteiger partial charge in [0.25, 0.3) is 0 Å². The Bertz CT molecular complexity index is 384. The molecule has 2 aliphatic rings. The molecule has 0 amide bonds. The Labute approximate surface area is 89.5 Å². The average molecular weight is 231 g/mol. The molecule has 14 heavy (non-hydrogen) atoms. The lowest BCUT2D eigenvalue weighted by Crippen LogP contribution is -2.30. The second-order valence-corrected chi connectivity index (χ2v) is 6.83. The van der Waals surface area contributed by atoms with Gasteiger partial charge in [-0.1, -0.05) is 0 Å². The number of fused-ring (bicyclic) bond motifs is 2. The van der Waals surface area contributed by atoms with E-state index in [0.29, 0.717) is 11.8 Å². The average Bonchev–Trinajstić information content (AvgIpc) is 2.61. The van der Waals surface area contributed by atoms with E-state index in [2.05, 4.69) is 22.4 Å². The summed E-state index contributed by atoms with van der Waals surface area (Å²) in [5.41, 5.74) is 0. The fourth-order valence-corrected chi connectivity index (χ4v) is 4.60. The zero-order valence-corrected chi connectivity index (χ0v) is 9.64. The number of sulfone groups is 1. The van der Waals surface area contributed by atoms with Crippen LogP contribution in [0, 0.1) is 11.8 Å². The third kappa shape index (κ3) is 1.64. The summed E-state index contributed by atoms with van der Waals surface area (Å²) in [5.74, 6) is 0.738. The highest BCUT2D eigenvalue weighted by atomic mass is 32.2. The van der Waals surface area contributed by atoms with Crippen LogP contribution in [0.4, 0.5) is 0 Å². The van der Waals surface area contributed by atoms with E-state index in [1.807, 2.05) is 0 Å². The van der Waals surface area contributed by atoms with Gasteiger partial charge in [-0.25, -0.2) is 13.4 Å². The van der Waals surface area contributed by atoms with Crippen LogP contribution in [0.25, 0.3) is 0 Å². The van der Waals surface area contributed by atoms with Gasteiger partial charge in [0.1, 0.15) is 0 Å². The standard InChI is InChI=1S/C9H13NO2S2/c1-14(11,12)9-4-6-2-7(9)3-8(6)10-5-13/h6-9H,2-4H2,1H3/t6?,7?,8?,9-/m0/s1. The molecule has 3 unspecified atom stereocenters. The zero-order valence-electron chi connectivity index (χ0n) is 8.01. The van der Waals surface area contributed by atoms with Gasteiger partial charge < -0.3 is 0 Å². The highest BCUT2D eigenvalue weighted by Gasteiger charge is 2.49. The van der Waals surface area contributed by atoms with Crippen LogP contribution >= 0.6 is 12.2 Å². The Morgan fingerprint density at radius 2 is 2.00 bits per heavy atom. The maximum atomic E-state index is 11.4. The van der Waals surface area contributed by atoms with Gasteiger partial charge in [-0.3, -0.25) is 0 Å². The third-order valence-electron chi connectivity index (χ3n) is 3.52. The largest absolute Gasteiger partial charge is 0.229 e. The Kier molecular flexibility index (Phi) is 2.50. The van der Waals surface area contributed by atoms with Crippen molar-refractivity contribution in [2.24, 2.45) is 16.8 Å². The van der Waals surface area contributed by atoms with Crippen LogP contribution in [-0.4, -0.2) is 31.1 Å². The van der Waals surface area contributed by atoms with Crippen LogP contribution in [0.3, 0.4) is 0 Å². The van der Waals surface area contributed by atoms with Crippen molar-refractivity contribution in [3.63, 3.8) is 0 Å². The molecule has 0 heterocycles. The summed E-state index contributed by atoms with van der Waals surface area (Å²) < 4.78 is 22.8. The van der Waals surface area contributed by atoms with Gasteiger partial charge in [0.2, 0.25) is 0 Å². The lowest BCUT2D eigenvalue weighted by atomic mass is 9.95. The summed E-state index contributed by atoms with van der Waals surface area (Å²) in [6.07, 6.45) is 4.00. The molecule has 5 heteroatoms. The van der Waals surface area contributed by atoms with E-state index in [9.17, 15) is 8.42 Å².